The largest absolute Gasteiger partial charge is 0.497 e. The topological polar surface area (TPSA) is 78.9 Å². The highest BCUT2D eigenvalue weighted by Crippen LogP contribution is 2.41. The van der Waals surface area contributed by atoms with Gasteiger partial charge in [-0.25, -0.2) is 0 Å². The Morgan fingerprint density at radius 1 is 1.08 bits per heavy atom. The Bertz CT molecular complexity index is 826. The van der Waals surface area contributed by atoms with Crippen LogP contribution >= 0.6 is 0 Å². The Hall–Kier alpha value is -2.70. The van der Waals surface area contributed by atoms with Crippen LogP contribution in [0.15, 0.2) is 42.5 Å². The van der Waals surface area contributed by atoms with E-state index in [4.69, 9.17) is 4.74 Å². The average molecular weight is 354 g/mol. The number of nitrogens with one attached hydrogen (secondary N) is 1. The first-order chi connectivity index (χ1) is 12.4. The number of nitrogens with zero attached hydrogens (tertiary/aromatic N) is 1. The molecule has 3 rings (SSSR count). The highest BCUT2D eigenvalue weighted by atomic mass is 16.5. The first-order valence-electron chi connectivity index (χ1n) is 8.37. The molecule has 0 fully saturated rings. The molecule has 2 N–H and O–H groups in total. The van der Waals surface area contributed by atoms with E-state index < -0.39 is 17.2 Å². The second-order valence-electron chi connectivity index (χ2n) is 6.56. The Morgan fingerprint density at radius 3 is 2.23 bits per heavy atom. The molecule has 0 unspecified atom stereocenters. The Kier molecular flexibility index (Phi) is 4.80. The van der Waals surface area contributed by atoms with Crippen LogP contribution in [0.25, 0.3) is 0 Å². The summed E-state index contributed by atoms with van der Waals surface area (Å²) in [7, 11) is 5.43. The number of hydrogen-bond acceptors (Lipinski definition) is 6. The zero-order valence-corrected chi connectivity index (χ0v) is 15.1. The summed E-state index contributed by atoms with van der Waals surface area (Å²) in [5, 5.41) is 14.4. The zero-order valence-electron chi connectivity index (χ0n) is 15.1. The molecule has 0 saturated carbocycles. The Labute approximate surface area is 152 Å². The molecule has 0 amide bonds. The van der Waals surface area contributed by atoms with E-state index in [0.717, 1.165) is 6.54 Å². The van der Waals surface area contributed by atoms with Crippen molar-refractivity contribution in [1.29, 1.82) is 0 Å². The third-order valence-electron chi connectivity index (χ3n) is 4.56. The van der Waals surface area contributed by atoms with Crippen LogP contribution in [0.3, 0.4) is 0 Å². The molecule has 6 nitrogen and oxygen atoms in total. The first-order valence-corrected chi connectivity index (χ1v) is 8.37. The lowest BCUT2D eigenvalue weighted by Gasteiger charge is -2.24. The summed E-state index contributed by atoms with van der Waals surface area (Å²) in [5.74, 6) is -0.627. The fraction of sp³-hybridized carbons (Fsp3) is 0.300. The molecule has 0 saturated heterocycles. The van der Waals surface area contributed by atoms with Gasteiger partial charge in [-0.15, -0.1) is 0 Å². The normalized spacial score (nSPS) is 15.3. The van der Waals surface area contributed by atoms with Gasteiger partial charge in [0.15, 0.2) is 0 Å². The summed E-state index contributed by atoms with van der Waals surface area (Å²) in [4.78, 5) is 27.8. The molecule has 0 spiro atoms. The maximum Gasteiger partial charge on any atom is 0.218 e. The van der Waals surface area contributed by atoms with Crippen molar-refractivity contribution in [3.63, 3.8) is 0 Å². The second-order valence-corrected chi connectivity index (χ2v) is 6.56. The van der Waals surface area contributed by atoms with Crippen LogP contribution in [0.4, 0.5) is 5.69 Å². The highest BCUT2D eigenvalue weighted by Gasteiger charge is 2.54. The van der Waals surface area contributed by atoms with Crippen molar-refractivity contribution in [3.05, 3.63) is 59.2 Å². The van der Waals surface area contributed by atoms with Gasteiger partial charge in [0.25, 0.3) is 0 Å². The van der Waals surface area contributed by atoms with Gasteiger partial charge in [0.1, 0.15) is 5.75 Å². The lowest BCUT2D eigenvalue weighted by atomic mass is 9.87. The molecule has 0 atom stereocenters. The average Bonchev–Trinajstić information content (AvgIpc) is 2.84. The molecular formula is C20H22N2O4. The quantitative estimate of drug-likeness (QED) is 0.772. The lowest BCUT2D eigenvalue weighted by Crippen LogP contribution is -2.39. The number of anilines is 1. The minimum Gasteiger partial charge on any atom is -0.497 e. The van der Waals surface area contributed by atoms with Gasteiger partial charge >= 0.3 is 0 Å². The number of aliphatic hydroxyl groups is 1. The standard InChI is InChI=1S/C20H22N2O4/c1-22(2)11-10-21-17-12-13(26-3)8-9-16(17)20(25)18(23)14-6-4-5-7-15(14)19(20)24/h4-9,12,21,25H,10-11H2,1-3H3. The van der Waals surface area contributed by atoms with Crippen LogP contribution in [0.2, 0.25) is 0 Å². The van der Waals surface area contributed by atoms with Crippen LogP contribution in [0.1, 0.15) is 26.3 Å². The van der Waals surface area contributed by atoms with Gasteiger partial charge in [0, 0.05) is 41.5 Å². The van der Waals surface area contributed by atoms with Crippen molar-refractivity contribution < 1.29 is 19.4 Å². The summed E-state index contributed by atoms with van der Waals surface area (Å²) < 4.78 is 5.25. The molecule has 0 bridgehead atoms. The fourth-order valence-corrected chi connectivity index (χ4v) is 3.14. The second kappa shape index (κ2) is 6.90. The zero-order chi connectivity index (χ0) is 18.9. The molecule has 0 aromatic heterocycles. The Morgan fingerprint density at radius 2 is 1.69 bits per heavy atom. The number of methoxy groups -OCH3 is 1. The summed E-state index contributed by atoms with van der Waals surface area (Å²) in [5.41, 5.74) is -0.993. The van der Waals surface area contributed by atoms with Crippen LogP contribution in [0.5, 0.6) is 5.75 Å². The van der Waals surface area contributed by atoms with E-state index >= 15 is 0 Å². The van der Waals surface area contributed by atoms with Crippen molar-refractivity contribution >= 4 is 17.3 Å². The maximum absolute atomic E-state index is 12.9. The minimum absolute atomic E-state index is 0.239. The van der Waals surface area contributed by atoms with Crippen molar-refractivity contribution in [2.24, 2.45) is 0 Å². The van der Waals surface area contributed by atoms with Crippen molar-refractivity contribution in [2.45, 2.75) is 5.60 Å². The minimum atomic E-state index is -2.23. The van der Waals surface area contributed by atoms with Crippen LogP contribution < -0.4 is 10.1 Å². The molecule has 1 aliphatic carbocycles. The molecule has 2 aromatic carbocycles. The SMILES string of the molecule is COc1ccc(C2(O)C(=O)c3ccccc3C2=O)c(NCCN(C)C)c1. The summed E-state index contributed by atoms with van der Waals surface area (Å²) >= 11 is 0. The van der Waals surface area contributed by atoms with Gasteiger partial charge in [0.05, 0.1) is 7.11 Å². The molecular weight excluding hydrogens is 332 g/mol. The maximum atomic E-state index is 12.9. The molecule has 1 aliphatic rings. The van der Waals surface area contributed by atoms with Gasteiger partial charge in [0.2, 0.25) is 17.2 Å². The number of ketones is 2. The van der Waals surface area contributed by atoms with Crippen LogP contribution in [0, 0.1) is 0 Å². The molecule has 0 aliphatic heterocycles. The van der Waals surface area contributed by atoms with E-state index in [1.807, 2.05) is 19.0 Å². The lowest BCUT2D eigenvalue weighted by molar-refractivity contribution is 0.0323. The number of rotatable bonds is 6. The van der Waals surface area contributed by atoms with E-state index in [0.29, 0.717) is 18.0 Å². The van der Waals surface area contributed by atoms with Crippen molar-refractivity contribution in [1.82, 2.24) is 4.90 Å². The van der Waals surface area contributed by atoms with E-state index in [2.05, 4.69) is 5.32 Å². The van der Waals surface area contributed by atoms with E-state index in [1.165, 1.54) is 7.11 Å². The predicted octanol–water partition coefficient (Wildman–Crippen LogP) is 1.94. The molecule has 136 valence electrons. The number of fused-ring (bicyclic) bond motifs is 1. The summed E-state index contributed by atoms with van der Waals surface area (Å²) in [6.07, 6.45) is 0. The number of Topliss-reactive ketones (excluding diaryl/α,β-unsaturated/α-hetero) is 2. The third kappa shape index (κ3) is 2.87. The molecule has 26 heavy (non-hydrogen) atoms. The number of hydrogen-bond donors (Lipinski definition) is 2. The Balaban J connectivity index is 2.05. The van der Waals surface area contributed by atoms with E-state index in [-0.39, 0.29) is 16.7 Å². The van der Waals surface area contributed by atoms with Gasteiger partial charge in [-0.05, 0) is 26.2 Å². The van der Waals surface area contributed by atoms with Gasteiger partial charge in [-0.2, -0.15) is 0 Å². The fourth-order valence-electron chi connectivity index (χ4n) is 3.14. The number of carbonyl (C=O) groups excluding carboxylic acids is 2. The molecule has 6 heteroatoms. The van der Waals surface area contributed by atoms with Crippen molar-refractivity contribution in [2.75, 3.05) is 39.6 Å². The number of carbonyl (C=O) groups is 2. The van der Waals surface area contributed by atoms with Crippen LogP contribution in [-0.2, 0) is 5.60 Å². The van der Waals surface area contributed by atoms with Crippen molar-refractivity contribution in [3.8, 4) is 5.75 Å². The summed E-state index contributed by atoms with van der Waals surface area (Å²) in [6, 6.07) is 11.4. The van der Waals surface area contributed by atoms with E-state index in [9.17, 15) is 14.7 Å². The predicted molar refractivity (Wildman–Crippen MR) is 99.0 cm³/mol. The highest BCUT2D eigenvalue weighted by molar-refractivity contribution is 6.32. The molecule has 0 heterocycles. The number of ether oxygens (including phenoxy) is 1. The first kappa shape index (κ1) is 18.1. The number of benzene rings is 2. The number of likely N-dealkylation sites (N-methyl/N-ethyl adjacent to an activating group) is 1. The van der Waals surface area contributed by atoms with E-state index in [1.54, 1.807) is 42.5 Å². The van der Waals surface area contributed by atoms with Gasteiger partial charge < -0.3 is 20.1 Å². The summed E-state index contributed by atoms with van der Waals surface area (Å²) in [6.45, 7) is 1.33. The van der Waals surface area contributed by atoms with Gasteiger partial charge in [-0.1, -0.05) is 24.3 Å². The monoisotopic (exact) mass is 354 g/mol. The molecule has 2 aromatic rings. The van der Waals surface area contributed by atoms with Crippen LogP contribution in [-0.4, -0.2) is 55.9 Å². The third-order valence-corrected chi connectivity index (χ3v) is 4.56. The molecule has 0 radical (unpaired) electrons. The van der Waals surface area contributed by atoms with Gasteiger partial charge in [-0.3, -0.25) is 9.59 Å². The smallest absolute Gasteiger partial charge is 0.218 e.